The molecule has 0 atom stereocenters. The van der Waals surface area contributed by atoms with Gasteiger partial charge >= 0.3 is 0 Å². The summed E-state index contributed by atoms with van der Waals surface area (Å²) in [6.07, 6.45) is 6.20. The van der Waals surface area contributed by atoms with Gasteiger partial charge in [0.05, 0.1) is 6.61 Å². The van der Waals surface area contributed by atoms with Crippen molar-refractivity contribution in [1.82, 2.24) is 0 Å². The van der Waals surface area contributed by atoms with E-state index in [-0.39, 0.29) is 4.38 Å². The molecule has 0 unspecified atom stereocenters. The number of thiocarbonyl (C=S) groups is 1. The molecule has 0 spiro atoms. The van der Waals surface area contributed by atoms with Gasteiger partial charge in [-0.3, -0.25) is 0 Å². The van der Waals surface area contributed by atoms with Crippen LogP contribution in [0.5, 0.6) is 0 Å². The first-order chi connectivity index (χ1) is 5.27. The van der Waals surface area contributed by atoms with Gasteiger partial charge in [0.15, 0.2) is 0 Å². The Hall–Kier alpha value is 0.110. The SMILES string of the molecule is CCCCCCCOC(=S)[S-]. The highest BCUT2D eigenvalue weighted by Crippen LogP contribution is 2.02. The van der Waals surface area contributed by atoms with Gasteiger partial charge in [-0.05, 0) is 6.42 Å². The van der Waals surface area contributed by atoms with E-state index in [1.54, 1.807) is 0 Å². The normalized spacial score (nSPS) is 9.55. The van der Waals surface area contributed by atoms with Crippen LogP contribution in [-0.2, 0) is 17.4 Å². The third kappa shape index (κ3) is 10.1. The van der Waals surface area contributed by atoms with Crippen LogP contribution in [0.3, 0.4) is 0 Å². The molecule has 0 fully saturated rings. The van der Waals surface area contributed by atoms with Crippen LogP contribution in [-0.4, -0.2) is 11.0 Å². The van der Waals surface area contributed by atoms with Crippen LogP contribution in [0, 0.1) is 0 Å². The fraction of sp³-hybridized carbons (Fsp3) is 0.875. The Morgan fingerprint density at radius 1 is 1.27 bits per heavy atom. The molecule has 0 saturated carbocycles. The van der Waals surface area contributed by atoms with Gasteiger partial charge in [0.1, 0.15) is 0 Å². The van der Waals surface area contributed by atoms with E-state index in [4.69, 9.17) is 4.74 Å². The maximum atomic E-state index is 4.97. The number of rotatable bonds is 6. The minimum Gasteiger partial charge on any atom is -0.514 e. The van der Waals surface area contributed by atoms with E-state index >= 15 is 0 Å². The molecule has 0 aliphatic rings. The van der Waals surface area contributed by atoms with Crippen LogP contribution in [0.1, 0.15) is 39.0 Å². The third-order valence-electron chi connectivity index (χ3n) is 1.47. The van der Waals surface area contributed by atoms with Crippen molar-refractivity contribution in [3.8, 4) is 0 Å². The molecule has 0 rings (SSSR count). The number of unbranched alkanes of at least 4 members (excludes halogenated alkanes) is 4. The molecule has 0 radical (unpaired) electrons. The predicted molar refractivity (Wildman–Crippen MR) is 54.7 cm³/mol. The second-order valence-corrected chi connectivity index (χ2v) is 3.51. The first kappa shape index (κ1) is 11.1. The lowest BCUT2D eigenvalue weighted by molar-refractivity contribution is 0.308. The summed E-state index contributed by atoms with van der Waals surface area (Å²) in [7, 11) is 0. The molecule has 1 nitrogen and oxygen atoms in total. The van der Waals surface area contributed by atoms with E-state index in [2.05, 4.69) is 31.8 Å². The zero-order valence-electron chi connectivity index (χ0n) is 6.97. The van der Waals surface area contributed by atoms with E-state index in [0.29, 0.717) is 6.61 Å². The molecule has 3 heteroatoms. The topological polar surface area (TPSA) is 9.23 Å². The van der Waals surface area contributed by atoms with E-state index in [1.807, 2.05) is 0 Å². The van der Waals surface area contributed by atoms with Gasteiger partial charge in [-0.25, -0.2) is 0 Å². The van der Waals surface area contributed by atoms with Crippen LogP contribution in [0.15, 0.2) is 0 Å². The molecular formula is C8H15OS2-. The monoisotopic (exact) mass is 191 g/mol. The van der Waals surface area contributed by atoms with E-state index < -0.39 is 0 Å². The standard InChI is InChI=1S/C8H16OS2/c1-2-3-4-5-6-7-9-8(10)11/h2-7H2,1H3,(H,10,11)/p-1. The molecule has 0 aliphatic heterocycles. The number of ether oxygens (including phenoxy) is 1. The Labute approximate surface area is 79.9 Å². The molecule has 0 aromatic heterocycles. The van der Waals surface area contributed by atoms with E-state index in [1.165, 1.54) is 25.7 Å². The Balaban J connectivity index is 2.85. The molecule has 0 N–H and O–H groups in total. The quantitative estimate of drug-likeness (QED) is 0.363. The van der Waals surface area contributed by atoms with Gasteiger partial charge in [0, 0.05) is 4.38 Å². The molecule has 0 amide bonds. The summed E-state index contributed by atoms with van der Waals surface area (Å²) in [6.45, 7) is 2.90. The zero-order chi connectivity index (χ0) is 8.53. The maximum Gasteiger partial charge on any atom is 0.0858 e. The predicted octanol–water partition coefficient (Wildman–Crippen LogP) is 2.81. The van der Waals surface area contributed by atoms with Crippen molar-refractivity contribution in [3.63, 3.8) is 0 Å². The van der Waals surface area contributed by atoms with Gasteiger partial charge in [0.25, 0.3) is 0 Å². The Morgan fingerprint density at radius 3 is 2.45 bits per heavy atom. The van der Waals surface area contributed by atoms with Crippen molar-refractivity contribution < 1.29 is 4.74 Å². The summed E-state index contributed by atoms with van der Waals surface area (Å²) in [4.78, 5) is 0. The van der Waals surface area contributed by atoms with Crippen molar-refractivity contribution in [3.05, 3.63) is 0 Å². The Bertz CT molecular complexity index is 104. The van der Waals surface area contributed by atoms with Crippen molar-refractivity contribution in [2.24, 2.45) is 0 Å². The van der Waals surface area contributed by atoms with Gasteiger partial charge < -0.3 is 29.6 Å². The summed E-state index contributed by atoms with van der Waals surface area (Å²) in [6, 6.07) is 0. The summed E-state index contributed by atoms with van der Waals surface area (Å²) >= 11 is 9.18. The Morgan fingerprint density at radius 2 is 1.91 bits per heavy atom. The lowest BCUT2D eigenvalue weighted by Gasteiger charge is -2.07. The van der Waals surface area contributed by atoms with Crippen molar-refractivity contribution in [2.45, 2.75) is 39.0 Å². The second-order valence-electron chi connectivity index (χ2n) is 2.51. The van der Waals surface area contributed by atoms with E-state index in [0.717, 1.165) is 6.42 Å². The lowest BCUT2D eigenvalue weighted by atomic mass is 10.2. The molecule has 66 valence electrons. The summed E-state index contributed by atoms with van der Waals surface area (Å²) in [5.41, 5.74) is 0. The van der Waals surface area contributed by atoms with Crippen LogP contribution in [0.4, 0.5) is 0 Å². The highest BCUT2D eigenvalue weighted by atomic mass is 32.1. The van der Waals surface area contributed by atoms with Crippen molar-refractivity contribution in [2.75, 3.05) is 6.61 Å². The first-order valence-electron chi connectivity index (χ1n) is 4.11. The van der Waals surface area contributed by atoms with Crippen LogP contribution in [0.25, 0.3) is 0 Å². The summed E-state index contributed by atoms with van der Waals surface area (Å²) < 4.78 is 5.22. The minimum absolute atomic E-state index is 0.250. The zero-order valence-corrected chi connectivity index (χ0v) is 8.60. The van der Waals surface area contributed by atoms with Gasteiger partial charge in [-0.15, -0.1) is 0 Å². The van der Waals surface area contributed by atoms with Gasteiger partial charge in [-0.1, -0.05) is 32.6 Å². The third-order valence-corrected chi connectivity index (χ3v) is 1.70. The highest BCUT2D eigenvalue weighted by molar-refractivity contribution is 7.99. The summed E-state index contributed by atoms with van der Waals surface area (Å²) in [5.74, 6) is 0. The van der Waals surface area contributed by atoms with Crippen LogP contribution < -0.4 is 0 Å². The minimum atomic E-state index is 0.250. The van der Waals surface area contributed by atoms with Crippen LogP contribution in [0.2, 0.25) is 0 Å². The molecule has 0 aromatic carbocycles. The largest absolute Gasteiger partial charge is 0.514 e. The number of hydrogen-bond acceptors (Lipinski definition) is 3. The maximum absolute atomic E-state index is 4.97. The first-order valence-corrected chi connectivity index (χ1v) is 4.92. The van der Waals surface area contributed by atoms with E-state index in [9.17, 15) is 0 Å². The summed E-state index contributed by atoms with van der Waals surface area (Å²) in [5, 5.41) is 0. The molecule has 0 aliphatic carbocycles. The van der Waals surface area contributed by atoms with Gasteiger partial charge in [0.2, 0.25) is 0 Å². The van der Waals surface area contributed by atoms with Crippen LogP contribution >= 0.6 is 12.2 Å². The number of hydrogen-bond donors (Lipinski definition) is 0. The fourth-order valence-corrected chi connectivity index (χ4v) is 1.03. The van der Waals surface area contributed by atoms with Gasteiger partial charge in [-0.2, -0.15) is 0 Å². The molecule has 0 bridgehead atoms. The average Bonchev–Trinajstić information content (AvgIpc) is 1.96. The molecule has 11 heavy (non-hydrogen) atoms. The highest BCUT2D eigenvalue weighted by Gasteiger charge is 1.87. The molecular weight excluding hydrogens is 176 g/mol. The fourth-order valence-electron chi connectivity index (χ4n) is 0.861. The molecule has 0 aromatic rings. The molecule has 0 saturated heterocycles. The Kier molecular flexibility index (Phi) is 8.29. The van der Waals surface area contributed by atoms with Crippen molar-refractivity contribution in [1.29, 1.82) is 0 Å². The average molecular weight is 191 g/mol. The second kappa shape index (κ2) is 8.21. The molecule has 0 heterocycles. The van der Waals surface area contributed by atoms with Crippen molar-refractivity contribution >= 4 is 29.2 Å². The lowest BCUT2D eigenvalue weighted by Crippen LogP contribution is -1.98. The smallest absolute Gasteiger partial charge is 0.0858 e.